The largest absolute Gasteiger partial charge is 0.308 e. The van der Waals surface area contributed by atoms with E-state index in [0.29, 0.717) is 5.56 Å². The van der Waals surface area contributed by atoms with E-state index in [2.05, 4.69) is 25.0 Å². The summed E-state index contributed by atoms with van der Waals surface area (Å²) >= 11 is 0. The minimum atomic E-state index is 0.0440. The Kier molecular flexibility index (Phi) is 4.02. The molecule has 0 N–H and O–H groups in total. The Morgan fingerprint density at radius 2 is 2.00 bits per heavy atom. The van der Waals surface area contributed by atoms with Crippen molar-refractivity contribution in [1.82, 2.24) is 14.8 Å². The molecule has 26 heavy (non-hydrogen) atoms. The molecule has 0 fully saturated rings. The van der Waals surface area contributed by atoms with Crippen LogP contribution >= 0.6 is 0 Å². The standard InChI is InChI=1S/C21H24N4O/c1-13(2)17-12-16(19-14(3)23-24(4)20(19)22-17)21(26)25-11-7-9-15-8-5-6-10-18(15)25/h5-6,8,10,12-13H,7,9,11H2,1-4H3. The third-order valence-corrected chi connectivity index (χ3v) is 5.17. The molecule has 0 spiro atoms. The van der Waals surface area contributed by atoms with Crippen LogP contribution in [0.2, 0.25) is 0 Å². The van der Waals surface area contributed by atoms with Gasteiger partial charge in [-0.15, -0.1) is 0 Å². The number of anilines is 1. The van der Waals surface area contributed by atoms with E-state index in [1.165, 1.54) is 5.56 Å². The second kappa shape index (κ2) is 6.24. The minimum Gasteiger partial charge on any atom is -0.308 e. The lowest BCUT2D eigenvalue weighted by Crippen LogP contribution is -2.35. The normalized spacial score (nSPS) is 14.1. The van der Waals surface area contributed by atoms with Crippen LogP contribution in [0.4, 0.5) is 5.69 Å². The summed E-state index contributed by atoms with van der Waals surface area (Å²) in [6.07, 6.45) is 2.01. The molecule has 0 unspecified atom stereocenters. The predicted octanol–water partition coefficient (Wildman–Crippen LogP) is 3.99. The van der Waals surface area contributed by atoms with Crippen LogP contribution in [-0.4, -0.2) is 27.2 Å². The zero-order valence-electron chi connectivity index (χ0n) is 15.8. The van der Waals surface area contributed by atoms with Crippen molar-refractivity contribution in [3.8, 4) is 0 Å². The molecule has 3 heterocycles. The Hall–Kier alpha value is -2.69. The van der Waals surface area contributed by atoms with Gasteiger partial charge in [0.15, 0.2) is 5.65 Å². The predicted molar refractivity (Wildman–Crippen MR) is 104 cm³/mol. The summed E-state index contributed by atoms with van der Waals surface area (Å²) in [4.78, 5) is 20.3. The number of amides is 1. The number of aromatic nitrogens is 3. The second-order valence-electron chi connectivity index (χ2n) is 7.35. The summed E-state index contributed by atoms with van der Waals surface area (Å²) in [5.41, 5.74) is 5.53. The van der Waals surface area contributed by atoms with Gasteiger partial charge in [-0.3, -0.25) is 9.48 Å². The van der Waals surface area contributed by atoms with Crippen LogP contribution < -0.4 is 4.90 Å². The Morgan fingerprint density at radius 3 is 2.77 bits per heavy atom. The van der Waals surface area contributed by atoms with Crippen molar-refractivity contribution in [2.75, 3.05) is 11.4 Å². The summed E-state index contributed by atoms with van der Waals surface area (Å²) < 4.78 is 1.78. The number of nitrogens with zero attached hydrogens (tertiary/aromatic N) is 4. The molecule has 2 aromatic heterocycles. The third kappa shape index (κ3) is 2.59. The molecule has 1 amide bonds. The number of hydrogen-bond acceptors (Lipinski definition) is 3. The van der Waals surface area contributed by atoms with Gasteiger partial charge in [0.05, 0.1) is 16.6 Å². The van der Waals surface area contributed by atoms with Gasteiger partial charge < -0.3 is 4.90 Å². The van der Waals surface area contributed by atoms with E-state index in [0.717, 1.165) is 47.5 Å². The van der Waals surface area contributed by atoms with Gasteiger partial charge in [-0.25, -0.2) is 4.98 Å². The fourth-order valence-corrected chi connectivity index (χ4v) is 3.82. The summed E-state index contributed by atoms with van der Waals surface area (Å²) in [6.45, 7) is 6.89. The Balaban J connectivity index is 1.90. The molecule has 0 bridgehead atoms. The number of fused-ring (bicyclic) bond motifs is 2. The summed E-state index contributed by atoms with van der Waals surface area (Å²) in [6, 6.07) is 10.2. The smallest absolute Gasteiger partial charge is 0.259 e. The third-order valence-electron chi connectivity index (χ3n) is 5.17. The zero-order chi connectivity index (χ0) is 18.4. The summed E-state index contributed by atoms with van der Waals surface area (Å²) in [7, 11) is 1.89. The van der Waals surface area contributed by atoms with Crippen LogP contribution in [0.25, 0.3) is 11.0 Å². The van der Waals surface area contributed by atoms with E-state index in [9.17, 15) is 4.79 Å². The molecule has 1 aromatic carbocycles. The fraction of sp³-hybridized carbons (Fsp3) is 0.381. The fourth-order valence-electron chi connectivity index (χ4n) is 3.82. The van der Waals surface area contributed by atoms with Crippen molar-refractivity contribution >= 4 is 22.6 Å². The number of benzene rings is 1. The highest BCUT2D eigenvalue weighted by Crippen LogP contribution is 2.31. The van der Waals surface area contributed by atoms with E-state index in [-0.39, 0.29) is 11.8 Å². The lowest BCUT2D eigenvalue weighted by Gasteiger charge is -2.30. The first-order valence-corrected chi connectivity index (χ1v) is 9.21. The molecule has 0 atom stereocenters. The molecule has 0 aliphatic carbocycles. The molecule has 0 saturated heterocycles. The lowest BCUT2D eigenvalue weighted by atomic mass is 9.99. The highest BCUT2D eigenvalue weighted by atomic mass is 16.2. The first-order valence-electron chi connectivity index (χ1n) is 9.21. The number of carbonyl (C=O) groups excluding carboxylic acids is 1. The van der Waals surface area contributed by atoms with Crippen LogP contribution in [0.5, 0.6) is 0 Å². The van der Waals surface area contributed by atoms with Gasteiger partial charge in [0, 0.05) is 25.0 Å². The Morgan fingerprint density at radius 1 is 1.23 bits per heavy atom. The first-order chi connectivity index (χ1) is 12.5. The van der Waals surface area contributed by atoms with Gasteiger partial charge in [0.2, 0.25) is 0 Å². The molecule has 1 aliphatic rings. The topological polar surface area (TPSA) is 51.0 Å². The maximum Gasteiger partial charge on any atom is 0.259 e. The Bertz CT molecular complexity index is 1000. The highest BCUT2D eigenvalue weighted by molar-refractivity contribution is 6.14. The molecular weight excluding hydrogens is 324 g/mol. The molecule has 134 valence electrons. The van der Waals surface area contributed by atoms with Gasteiger partial charge in [-0.05, 0) is 43.4 Å². The molecule has 1 aliphatic heterocycles. The van der Waals surface area contributed by atoms with Crippen LogP contribution in [0.1, 0.15) is 53.5 Å². The first kappa shape index (κ1) is 16.8. The Labute approximate surface area is 153 Å². The van der Waals surface area contributed by atoms with E-state index in [4.69, 9.17) is 4.98 Å². The molecule has 0 radical (unpaired) electrons. The second-order valence-corrected chi connectivity index (χ2v) is 7.35. The van der Waals surface area contributed by atoms with Crippen molar-refractivity contribution in [1.29, 1.82) is 0 Å². The number of pyridine rings is 1. The molecule has 5 nitrogen and oxygen atoms in total. The van der Waals surface area contributed by atoms with Crippen molar-refractivity contribution in [3.05, 3.63) is 52.8 Å². The van der Waals surface area contributed by atoms with E-state index >= 15 is 0 Å². The van der Waals surface area contributed by atoms with Crippen LogP contribution in [-0.2, 0) is 13.5 Å². The molecule has 3 aromatic rings. The average molecular weight is 348 g/mol. The van der Waals surface area contributed by atoms with Gasteiger partial charge in [-0.1, -0.05) is 32.0 Å². The van der Waals surface area contributed by atoms with Crippen molar-refractivity contribution in [2.45, 2.75) is 39.5 Å². The summed E-state index contributed by atoms with van der Waals surface area (Å²) in [5.74, 6) is 0.289. The van der Waals surface area contributed by atoms with Gasteiger partial charge >= 0.3 is 0 Å². The van der Waals surface area contributed by atoms with Gasteiger partial charge in [-0.2, -0.15) is 5.10 Å². The van der Waals surface area contributed by atoms with Crippen molar-refractivity contribution in [3.63, 3.8) is 0 Å². The van der Waals surface area contributed by atoms with Crippen LogP contribution in [0.3, 0.4) is 0 Å². The average Bonchev–Trinajstić information content (AvgIpc) is 2.94. The van der Waals surface area contributed by atoms with Crippen LogP contribution in [0.15, 0.2) is 30.3 Å². The number of aryl methyl sites for hydroxylation is 3. The van der Waals surface area contributed by atoms with Crippen molar-refractivity contribution < 1.29 is 4.79 Å². The van der Waals surface area contributed by atoms with E-state index in [1.54, 1.807) is 4.68 Å². The lowest BCUT2D eigenvalue weighted by molar-refractivity contribution is 0.0986. The minimum absolute atomic E-state index is 0.0440. The number of rotatable bonds is 2. The monoisotopic (exact) mass is 348 g/mol. The maximum absolute atomic E-state index is 13.6. The molecular formula is C21H24N4O. The quantitative estimate of drug-likeness (QED) is 0.703. The number of para-hydroxylation sites is 1. The van der Waals surface area contributed by atoms with Gasteiger partial charge in [0.25, 0.3) is 5.91 Å². The maximum atomic E-state index is 13.6. The zero-order valence-corrected chi connectivity index (χ0v) is 15.8. The molecule has 4 rings (SSSR count). The molecule has 0 saturated carbocycles. The van der Waals surface area contributed by atoms with Crippen molar-refractivity contribution in [2.24, 2.45) is 7.05 Å². The van der Waals surface area contributed by atoms with E-state index < -0.39 is 0 Å². The van der Waals surface area contributed by atoms with E-state index in [1.807, 2.05) is 43.1 Å². The molecule has 5 heteroatoms. The number of carbonyl (C=O) groups is 1. The SMILES string of the molecule is Cc1nn(C)c2nc(C(C)C)cc(C(=O)N3CCCc4ccccc43)c12. The van der Waals surface area contributed by atoms with Gasteiger partial charge in [0.1, 0.15) is 0 Å². The number of hydrogen-bond donors (Lipinski definition) is 0. The van der Waals surface area contributed by atoms with Crippen LogP contribution in [0, 0.1) is 6.92 Å². The highest BCUT2D eigenvalue weighted by Gasteiger charge is 2.27. The summed E-state index contributed by atoms with van der Waals surface area (Å²) in [5, 5.41) is 5.37.